The van der Waals surface area contributed by atoms with Crippen molar-refractivity contribution in [1.82, 2.24) is 5.32 Å². The number of ether oxygens (including phenoxy) is 1. The van der Waals surface area contributed by atoms with Crippen LogP contribution in [0.3, 0.4) is 0 Å². The molecule has 2 aromatic rings. The highest BCUT2D eigenvalue weighted by molar-refractivity contribution is 5.95. The third-order valence-corrected chi connectivity index (χ3v) is 5.38. The molecule has 0 radical (unpaired) electrons. The zero-order valence-electron chi connectivity index (χ0n) is 31.6. The van der Waals surface area contributed by atoms with Gasteiger partial charge in [-0.2, -0.15) is 5.26 Å². The van der Waals surface area contributed by atoms with E-state index in [1.807, 2.05) is 71.0 Å². The molecule has 0 unspecified atom stereocenters. The summed E-state index contributed by atoms with van der Waals surface area (Å²) in [5.74, 6) is 0.882. The molecule has 1 amide bonds. The number of hydrogen-bond donors (Lipinski definition) is 1. The third-order valence-electron chi connectivity index (χ3n) is 5.38. The van der Waals surface area contributed by atoms with Crippen LogP contribution >= 0.6 is 0 Å². The second-order valence-electron chi connectivity index (χ2n) is 10.8. The Morgan fingerprint density at radius 1 is 0.909 bits per heavy atom. The molecule has 5 nitrogen and oxygen atoms in total. The first-order valence-corrected chi connectivity index (χ1v) is 16.5. The van der Waals surface area contributed by atoms with Gasteiger partial charge in [-0.3, -0.25) is 4.79 Å². The molecule has 0 fully saturated rings. The van der Waals surface area contributed by atoms with E-state index in [2.05, 4.69) is 77.6 Å². The zero-order chi connectivity index (χ0) is 35.6. The fraction of sp³-hybridized carbons (Fsp3) is 0.615. The molecule has 44 heavy (non-hydrogen) atoms. The van der Waals surface area contributed by atoms with Crippen LogP contribution in [0.2, 0.25) is 0 Å². The van der Waals surface area contributed by atoms with Crippen molar-refractivity contribution in [3.05, 3.63) is 70.3 Å². The van der Waals surface area contributed by atoms with Crippen LogP contribution in [-0.2, 0) is 16.0 Å². The first-order valence-electron chi connectivity index (χ1n) is 16.5. The number of aldehydes is 1. The SMILES string of the molecule is CC.CC.CC(C)C.CC=O.CCCC(C)(CCC)NC(=O)c1ccc(C)c(C)c1.CCCc1cccc(C#N)c1.COC. The van der Waals surface area contributed by atoms with Gasteiger partial charge in [-0.25, -0.2) is 0 Å². The first kappa shape index (κ1) is 50.6. The minimum Gasteiger partial charge on any atom is -0.388 e. The van der Waals surface area contributed by atoms with Gasteiger partial charge in [0.15, 0.2) is 0 Å². The van der Waals surface area contributed by atoms with E-state index in [0.717, 1.165) is 61.9 Å². The summed E-state index contributed by atoms with van der Waals surface area (Å²) in [6.45, 7) is 28.7. The molecule has 2 rings (SSSR count). The van der Waals surface area contributed by atoms with Crippen molar-refractivity contribution in [3.8, 4) is 6.07 Å². The third kappa shape index (κ3) is 32.0. The van der Waals surface area contributed by atoms with Crippen molar-refractivity contribution in [3.63, 3.8) is 0 Å². The van der Waals surface area contributed by atoms with Crippen LogP contribution in [0.1, 0.15) is 148 Å². The van der Waals surface area contributed by atoms with Gasteiger partial charge in [0, 0.05) is 25.3 Å². The predicted octanol–water partition coefficient (Wildman–Crippen LogP) is 11.1. The van der Waals surface area contributed by atoms with E-state index in [1.165, 1.54) is 23.6 Å². The van der Waals surface area contributed by atoms with E-state index in [9.17, 15) is 4.79 Å². The number of aryl methyl sites for hydroxylation is 3. The number of benzene rings is 2. The normalized spacial score (nSPS) is 9.00. The number of rotatable bonds is 8. The molecule has 0 aliphatic heterocycles. The minimum atomic E-state index is -0.0840. The molecule has 0 aromatic heterocycles. The number of methoxy groups -OCH3 is 1. The summed E-state index contributed by atoms with van der Waals surface area (Å²) in [6, 6.07) is 15.8. The fourth-order valence-electron chi connectivity index (χ4n) is 3.67. The van der Waals surface area contributed by atoms with Gasteiger partial charge in [-0.15, -0.1) is 0 Å². The summed E-state index contributed by atoms with van der Waals surface area (Å²) >= 11 is 0. The number of nitrogens with zero attached hydrogens (tertiary/aromatic N) is 1. The van der Waals surface area contributed by atoms with Crippen LogP contribution in [0.25, 0.3) is 0 Å². The molecule has 0 heterocycles. The van der Waals surface area contributed by atoms with Gasteiger partial charge in [0.1, 0.15) is 6.29 Å². The number of carbonyl (C=O) groups is 2. The van der Waals surface area contributed by atoms with E-state index in [1.54, 1.807) is 14.2 Å². The van der Waals surface area contributed by atoms with E-state index in [0.29, 0.717) is 0 Å². The van der Waals surface area contributed by atoms with Gasteiger partial charge >= 0.3 is 0 Å². The number of nitrogens with one attached hydrogen (secondary N) is 1. The fourth-order valence-corrected chi connectivity index (χ4v) is 3.67. The monoisotopic (exact) mass is 615 g/mol. The van der Waals surface area contributed by atoms with Crippen LogP contribution < -0.4 is 5.32 Å². The lowest BCUT2D eigenvalue weighted by molar-refractivity contribution is -0.106. The van der Waals surface area contributed by atoms with Gasteiger partial charge in [0.25, 0.3) is 5.91 Å². The average Bonchev–Trinajstić information content (AvgIpc) is 2.98. The Labute approximate surface area is 274 Å². The van der Waals surface area contributed by atoms with Crippen LogP contribution in [0.4, 0.5) is 0 Å². The van der Waals surface area contributed by atoms with Crippen molar-refractivity contribution in [2.45, 2.75) is 141 Å². The molecule has 0 saturated heterocycles. The van der Waals surface area contributed by atoms with Gasteiger partial charge in [-0.05, 0) is 93.8 Å². The maximum absolute atomic E-state index is 12.4. The molecular formula is C39H70N2O3. The highest BCUT2D eigenvalue weighted by Gasteiger charge is 2.24. The van der Waals surface area contributed by atoms with Crippen LogP contribution in [-0.4, -0.2) is 32.0 Å². The molecular weight excluding hydrogens is 544 g/mol. The van der Waals surface area contributed by atoms with Gasteiger partial charge in [0.2, 0.25) is 0 Å². The maximum atomic E-state index is 12.4. The first-order chi connectivity index (χ1) is 20.8. The van der Waals surface area contributed by atoms with E-state index in [-0.39, 0.29) is 11.4 Å². The summed E-state index contributed by atoms with van der Waals surface area (Å²) in [7, 11) is 3.25. The number of hydrogen-bond acceptors (Lipinski definition) is 4. The molecule has 0 bridgehead atoms. The number of nitriles is 1. The molecule has 0 atom stereocenters. The Morgan fingerprint density at radius 3 is 1.73 bits per heavy atom. The van der Waals surface area contributed by atoms with Gasteiger partial charge in [0.05, 0.1) is 11.6 Å². The Kier molecular flexibility index (Phi) is 41.7. The summed E-state index contributed by atoms with van der Waals surface area (Å²) in [5, 5.41) is 11.8. The van der Waals surface area contributed by atoms with Crippen LogP contribution in [0.15, 0.2) is 42.5 Å². The summed E-state index contributed by atoms with van der Waals surface area (Å²) < 4.78 is 4.25. The topological polar surface area (TPSA) is 79.2 Å². The summed E-state index contributed by atoms with van der Waals surface area (Å²) in [4.78, 5) is 21.2. The van der Waals surface area contributed by atoms with E-state index >= 15 is 0 Å². The molecule has 1 N–H and O–H groups in total. The summed E-state index contributed by atoms with van der Waals surface area (Å²) in [5.41, 5.74) is 5.09. The minimum absolute atomic E-state index is 0.0486. The Bertz CT molecular complexity index is 953. The van der Waals surface area contributed by atoms with Crippen LogP contribution in [0, 0.1) is 31.1 Å². The molecule has 0 aliphatic rings. The molecule has 254 valence electrons. The second-order valence-corrected chi connectivity index (χ2v) is 10.8. The molecule has 0 saturated carbocycles. The lowest BCUT2D eigenvalue weighted by atomic mass is 9.90. The van der Waals surface area contributed by atoms with Crippen molar-refractivity contribution < 1.29 is 14.3 Å². The van der Waals surface area contributed by atoms with E-state index < -0.39 is 0 Å². The highest BCUT2D eigenvalue weighted by Crippen LogP contribution is 2.20. The number of carbonyl (C=O) groups excluding carboxylic acids is 2. The Morgan fingerprint density at radius 2 is 1.36 bits per heavy atom. The van der Waals surface area contributed by atoms with Gasteiger partial charge in [-0.1, -0.05) is 107 Å². The second kappa shape index (κ2) is 36.2. The predicted molar refractivity (Wildman–Crippen MR) is 195 cm³/mol. The largest absolute Gasteiger partial charge is 0.388 e. The lowest BCUT2D eigenvalue weighted by Crippen LogP contribution is -2.45. The molecule has 2 aromatic carbocycles. The van der Waals surface area contributed by atoms with E-state index in [4.69, 9.17) is 10.1 Å². The lowest BCUT2D eigenvalue weighted by Gasteiger charge is -2.30. The highest BCUT2D eigenvalue weighted by atomic mass is 16.4. The van der Waals surface area contributed by atoms with Gasteiger partial charge < -0.3 is 14.8 Å². The Balaban J connectivity index is -0.000000171. The standard InChI is InChI=1S/C17H27NO.C10H11N.C4H10.C2H6O.C2H4O.2C2H6/c1-6-10-17(5,11-7-2)18-16(19)15-9-8-13(3)14(4)12-15;1-2-4-9-5-3-6-10(7-9)8-11;1-4(2)3;1-3-2;1-2-3;2*1-2/h8-9,12H,6-7,10-11H2,1-5H3,(H,18,19);3,5-7H,2,4H2,1H3;4H,1-3H3;1-2H3;2H,1H3;2*1-2H3. The smallest absolute Gasteiger partial charge is 0.251 e. The quantitative estimate of drug-likeness (QED) is 0.300. The zero-order valence-corrected chi connectivity index (χ0v) is 31.6. The maximum Gasteiger partial charge on any atom is 0.251 e. The Hall–Kier alpha value is -2.97. The molecule has 0 aliphatic carbocycles. The molecule has 0 spiro atoms. The molecule has 5 heteroatoms. The van der Waals surface area contributed by atoms with Crippen molar-refractivity contribution in [2.24, 2.45) is 5.92 Å². The number of amides is 1. The summed E-state index contributed by atoms with van der Waals surface area (Å²) in [6.07, 6.45) is 7.17. The van der Waals surface area contributed by atoms with Crippen LogP contribution in [0.5, 0.6) is 0 Å². The van der Waals surface area contributed by atoms with Crippen molar-refractivity contribution in [1.29, 1.82) is 5.26 Å². The van der Waals surface area contributed by atoms with Crippen molar-refractivity contribution >= 4 is 12.2 Å². The van der Waals surface area contributed by atoms with Crippen molar-refractivity contribution in [2.75, 3.05) is 14.2 Å². The average molecular weight is 615 g/mol.